The molecule has 0 spiro atoms. The summed E-state index contributed by atoms with van der Waals surface area (Å²) in [5, 5.41) is 3.17. The molecule has 1 atom stereocenters. The second kappa shape index (κ2) is 5.58. The normalized spacial score (nSPS) is 21.5. The summed E-state index contributed by atoms with van der Waals surface area (Å²) in [6.45, 7) is 5.97. The maximum Gasteiger partial charge on any atom is 0.243 e. The van der Waals surface area contributed by atoms with Crippen LogP contribution >= 0.6 is 0 Å². The van der Waals surface area contributed by atoms with Gasteiger partial charge in [-0.1, -0.05) is 6.07 Å². The molecule has 1 aliphatic rings. The first kappa shape index (κ1) is 14.5. The molecule has 6 heteroatoms. The Morgan fingerprint density at radius 3 is 2.74 bits per heavy atom. The Bertz CT molecular complexity index is 557. The first-order valence-corrected chi connectivity index (χ1v) is 7.90. The molecule has 0 aromatic heterocycles. The van der Waals surface area contributed by atoms with Crippen LogP contribution in [-0.4, -0.2) is 44.9 Å². The summed E-state index contributed by atoms with van der Waals surface area (Å²) in [6, 6.07) is 5.09. The molecule has 1 fully saturated rings. The Hall–Kier alpha value is -0.950. The van der Waals surface area contributed by atoms with Crippen LogP contribution in [-0.2, 0) is 10.0 Å². The van der Waals surface area contributed by atoms with E-state index in [4.69, 9.17) is 5.73 Å². The molecular formula is C13H21N3O2S. The number of hydrogen-bond donors (Lipinski definition) is 2. The van der Waals surface area contributed by atoms with Crippen molar-refractivity contribution in [1.82, 2.24) is 9.62 Å². The van der Waals surface area contributed by atoms with Crippen LogP contribution in [0.3, 0.4) is 0 Å². The minimum atomic E-state index is -3.45. The van der Waals surface area contributed by atoms with Gasteiger partial charge in [-0.25, -0.2) is 8.42 Å². The summed E-state index contributed by atoms with van der Waals surface area (Å²) < 4.78 is 26.8. The molecule has 0 radical (unpaired) electrons. The lowest BCUT2D eigenvalue weighted by atomic mass is 10.1. The topological polar surface area (TPSA) is 75.4 Å². The molecular weight excluding hydrogens is 262 g/mol. The van der Waals surface area contributed by atoms with Crippen molar-refractivity contribution in [2.45, 2.75) is 24.8 Å². The maximum atomic E-state index is 12.7. The standard InChI is InChI=1S/C13H21N3O2S/c1-10-3-4-13(7-11(10)2)19(17,18)16-6-5-15-9-12(16)8-14/h3-4,7,12,15H,5-6,8-9,14H2,1-2H3. The third kappa shape index (κ3) is 2.81. The van der Waals surface area contributed by atoms with Crippen LogP contribution in [0.2, 0.25) is 0 Å². The predicted molar refractivity (Wildman–Crippen MR) is 75.5 cm³/mol. The van der Waals surface area contributed by atoms with Crippen LogP contribution < -0.4 is 11.1 Å². The fraction of sp³-hybridized carbons (Fsp3) is 0.538. The summed E-state index contributed by atoms with van der Waals surface area (Å²) in [5.74, 6) is 0. The lowest BCUT2D eigenvalue weighted by Crippen LogP contribution is -2.56. The van der Waals surface area contributed by atoms with Crippen molar-refractivity contribution in [3.8, 4) is 0 Å². The molecule has 0 aliphatic carbocycles. The molecule has 1 aromatic rings. The number of nitrogens with two attached hydrogens (primary N) is 1. The Labute approximate surface area is 114 Å². The molecule has 0 saturated carbocycles. The van der Waals surface area contributed by atoms with Gasteiger partial charge in [-0.05, 0) is 37.1 Å². The van der Waals surface area contributed by atoms with Gasteiger partial charge in [-0.2, -0.15) is 4.31 Å². The smallest absolute Gasteiger partial charge is 0.243 e. The lowest BCUT2D eigenvalue weighted by Gasteiger charge is -2.34. The van der Waals surface area contributed by atoms with Gasteiger partial charge in [0.2, 0.25) is 10.0 Å². The van der Waals surface area contributed by atoms with E-state index >= 15 is 0 Å². The number of piperazine rings is 1. The Kier molecular flexibility index (Phi) is 4.25. The van der Waals surface area contributed by atoms with E-state index < -0.39 is 10.0 Å². The van der Waals surface area contributed by atoms with Gasteiger partial charge in [0.25, 0.3) is 0 Å². The quantitative estimate of drug-likeness (QED) is 0.832. The van der Waals surface area contributed by atoms with E-state index in [1.54, 1.807) is 12.1 Å². The van der Waals surface area contributed by atoms with E-state index in [-0.39, 0.29) is 6.04 Å². The molecule has 106 valence electrons. The van der Waals surface area contributed by atoms with Gasteiger partial charge in [0.15, 0.2) is 0 Å². The van der Waals surface area contributed by atoms with Crippen LogP contribution in [0.1, 0.15) is 11.1 Å². The first-order chi connectivity index (χ1) is 8.96. The third-order valence-corrected chi connectivity index (χ3v) is 5.60. The van der Waals surface area contributed by atoms with Crippen molar-refractivity contribution in [2.24, 2.45) is 5.73 Å². The first-order valence-electron chi connectivity index (χ1n) is 6.46. The molecule has 0 amide bonds. The van der Waals surface area contributed by atoms with Crippen molar-refractivity contribution in [3.63, 3.8) is 0 Å². The highest BCUT2D eigenvalue weighted by Crippen LogP contribution is 2.21. The lowest BCUT2D eigenvalue weighted by molar-refractivity contribution is 0.272. The van der Waals surface area contributed by atoms with Crippen molar-refractivity contribution < 1.29 is 8.42 Å². The Morgan fingerprint density at radius 2 is 2.11 bits per heavy atom. The number of rotatable bonds is 3. The third-order valence-electron chi connectivity index (χ3n) is 3.65. The largest absolute Gasteiger partial charge is 0.329 e. The van der Waals surface area contributed by atoms with E-state index in [0.29, 0.717) is 31.1 Å². The number of sulfonamides is 1. The Balaban J connectivity index is 2.37. The second-order valence-electron chi connectivity index (χ2n) is 4.96. The summed E-state index contributed by atoms with van der Waals surface area (Å²) in [6.07, 6.45) is 0. The number of hydrogen-bond acceptors (Lipinski definition) is 4. The molecule has 1 heterocycles. The highest BCUT2D eigenvalue weighted by Gasteiger charge is 2.32. The molecule has 1 aliphatic heterocycles. The van der Waals surface area contributed by atoms with E-state index in [2.05, 4.69) is 5.32 Å². The summed E-state index contributed by atoms with van der Waals surface area (Å²) in [5.41, 5.74) is 7.76. The number of nitrogens with one attached hydrogen (secondary N) is 1. The van der Waals surface area contributed by atoms with Gasteiger partial charge in [-0.15, -0.1) is 0 Å². The summed E-state index contributed by atoms with van der Waals surface area (Å²) in [7, 11) is -3.45. The molecule has 1 aromatic carbocycles. The molecule has 3 N–H and O–H groups in total. The average Bonchev–Trinajstić information content (AvgIpc) is 2.41. The maximum absolute atomic E-state index is 12.7. The van der Waals surface area contributed by atoms with Crippen molar-refractivity contribution in [3.05, 3.63) is 29.3 Å². The van der Waals surface area contributed by atoms with Gasteiger partial charge in [0.05, 0.1) is 4.90 Å². The van der Waals surface area contributed by atoms with Crippen LogP contribution in [0.5, 0.6) is 0 Å². The minimum Gasteiger partial charge on any atom is -0.329 e. The highest BCUT2D eigenvalue weighted by molar-refractivity contribution is 7.89. The molecule has 0 bridgehead atoms. The Morgan fingerprint density at radius 1 is 1.37 bits per heavy atom. The van der Waals surface area contributed by atoms with E-state index in [0.717, 1.165) is 11.1 Å². The summed E-state index contributed by atoms with van der Waals surface area (Å²) >= 11 is 0. The monoisotopic (exact) mass is 283 g/mol. The van der Waals surface area contributed by atoms with Gasteiger partial charge in [0.1, 0.15) is 0 Å². The minimum absolute atomic E-state index is 0.166. The zero-order valence-corrected chi connectivity index (χ0v) is 12.2. The van der Waals surface area contributed by atoms with Crippen LogP contribution in [0.15, 0.2) is 23.1 Å². The molecule has 5 nitrogen and oxygen atoms in total. The van der Waals surface area contributed by atoms with E-state index in [1.807, 2.05) is 19.9 Å². The average molecular weight is 283 g/mol. The van der Waals surface area contributed by atoms with E-state index in [9.17, 15) is 8.42 Å². The number of benzene rings is 1. The second-order valence-corrected chi connectivity index (χ2v) is 6.85. The summed E-state index contributed by atoms with van der Waals surface area (Å²) in [4.78, 5) is 0.357. The molecule has 2 rings (SSSR count). The van der Waals surface area contributed by atoms with Crippen molar-refractivity contribution >= 4 is 10.0 Å². The van der Waals surface area contributed by atoms with E-state index in [1.165, 1.54) is 4.31 Å². The van der Waals surface area contributed by atoms with Crippen LogP contribution in [0, 0.1) is 13.8 Å². The van der Waals surface area contributed by atoms with Gasteiger partial charge in [-0.3, -0.25) is 0 Å². The van der Waals surface area contributed by atoms with Gasteiger partial charge >= 0.3 is 0 Å². The molecule has 1 unspecified atom stereocenters. The number of aryl methyl sites for hydroxylation is 2. The van der Waals surface area contributed by atoms with Crippen molar-refractivity contribution in [1.29, 1.82) is 0 Å². The fourth-order valence-corrected chi connectivity index (χ4v) is 3.99. The number of nitrogens with zero attached hydrogens (tertiary/aromatic N) is 1. The van der Waals surface area contributed by atoms with Crippen LogP contribution in [0.25, 0.3) is 0 Å². The zero-order valence-electron chi connectivity index (χ0n) is 11.4. The van der Waals surface area contributed by atoms with Gasteiger partial charge < -0.3 is 11.1 Å². The zero-order chi connectivity index (χ0) is 14.0. The van der Waals surface area contributed by atoms with Gasteiger partial charge in [0, 0.05) is 32.2 Å². The van der Waals surface area contributed by atoms with Crippen LogP contribution in [0.4, 0.5) is 0 Å². The molecule has 1 saturated heterocycles. The SMILES string of the molecule is Cc1ccc(S(=O)(=O)N2CCNCC2CN)cc1C. The molecule has 19 heavy (non-hydrogen) atoms. The predicted octanol–water partition coefficient (Wildman–Crippen LogP) is 0.225. The van der Waals surface area contributed by atoms with Crippen molar-refractivity contribution in [2.75, 3.05) is 26.2 Å². The fourth-order valence-electron chi connectivity index (χ4n) is 2.27. The highest BCUT2D eigenvalue weighted by atomic mass is 32.2.